The van der Waals surface area contributed by atoms with Crippen LogP contribution >= 0.6 is 0 Å². The van der Waals surface area contributed by atoms with E-state index in [0.717, 1.165) is 31.2 Å². The van der Waals surface area contributed by atoms with Crippen LogP contribution in [0.4, 0.5) is 0 Å². The van der Waals surface area contributed by atoms with Gasteiger partial charge in [-0.15, -0.1) is 0 Å². The lowest BCUT2D eigenvalue weighted by molar-refractivity contribution is 0.570. The molecule has 1 aromatic rings. The average molecular weight is 285 g/mol. The van der Waals surface area contributed by atoms with Crippen molar-refractivity contribution in [3.05, 3.63) is 23.9 Å². The van der Waals surface area contributed by atoms with Crippen LogP contribution in [0.3, 0.4) is 0 Å². The van der Waals surface area contributed by atoms with Crippen molar-refractivity contribution in [3.63, 3.8) is 0 Å². The van der Waals surface area contributed by atoms with Crippen molar-refractivity contribution in [3.8, 4) is 0 Å². The van der Waals surface area contributed by atoms with E-state index in [9.17, 15) is 8.42 Å². The zero-order valence-electron chi connectivity index (χ0n) is 11.6. The first-order valence-corrected chi connectivity index (χ1v) is 8.17. The minimum Gasteiger partial charge on any atom is -0.316 e. The van der Waals surface area contributed by atoms with Gasteiger partial charge in [-0.1, -0.05) is 32.3 Å². The van der Waals surface area contributed by atoms with Gasteiger partial charge in [0.05, 0.1) is 0 Å². The molecule has 5 nitrogen and oxygen atoms in total. The van der Waals surface area contributed by atoms with Gasteiger partial charge in [-0.05, 0) is 25.1 Å². The summed E-state index contributed by atoms with van der Waals surface area (Å²) in [6.07, 6.45) is 5.78. The predicted octanol–water partition coefficient (Wildman–Crippen LogP) is 1.66. The van der Waals surface area contributed by atoms with Gasteiger partial charge in [0.25, 0.3) is 10.0 Å². The normalized spacial score (nSPS) is 11.7. The largest absolute Gasteiger partial charge is 0.316 e. The molecule has 0 aromatic carbocycles. The Morgan fingerprint density at radius 3 is 2.58 bits per heavy atom. The highest BCUT2D eigenvalue weighted by Crippen LogP contribution is 2.07. The van der Waals surface area contributed by atoms with Crippen LogP contribution in [0.25, 0.3) is 0 Å². The van der Waals surface area contributed by atoms with Gasteiger partial charge >= 0.3 is 0 Å². The Morgan fingerprint density at radius 1 is 1.21 bits per heavy atom. The number of nitrogens with one attached hydrogen (secondary N) is 2. The molecular formula is C13H23N3O2S. The molecule has 0 saturated heterocycles. The highest BCUT2D eigenvalue weighted by molar-refractivity contribution is 7.89. The van der Waals surface area contributed by atoms with Crippen LogP contribution in [-0.2, 0) is 16.6 Å². The van der Waals surface area contributed by atoms with Crippen molar-refractivity contribution < 1.29 is 8.42 Å². The number of pyridine rings is 1. The molecule has 0 aliphatic heterocycles. The van der Waals surface area contributed by atoms with Crippen LogP contribution in [0.1, 0.15) is 38.2 Å². The molecule has 1 rings (SSSR count). The molecule has 0 amide bonds. The molecule has 2 N–H and O–H groups in total. The molecule has 0 radical (unpaired) electrons. The first kappa shape index (κ1) is 16.1. The Hall–Kier alpha value is -0.980. The molecule has 0 bridgehead atoms. The Bertz CT molecular complexity index is 457. The van der Waals surface area contributed by atoms with Crippen molar-refractivity contribution in [2.24, 2.45) is 0 Å². The highest BCUT2D eigenvalue weighted by atomic mass is 32.2. The summed E-state index contributed by atoms with van der Waals surface area (Å²) < 4.78 is 26.5. The quantitative estimate of drug-likeness (QED) is 0.677. The van der Waals surface area contributed by atoms with E-state index in [1.807, 2.05) is 7.05 Å². The van der Waals surface area contributed by atoms with Crippen LogP contribution in [0.2, 0.25) is 0 Å². The molecule has 0 atom stereocenters. The second-order valence-electron chi connectivity index (χ2n) is 4.49. The number of hydrogen-bond donors (Lipinski definition) is 2. The number of unbranched alkanes of at least 4 members (excludes halogenated alkanes) is 3. The number of aromatic nitrogens is 1. The van der Waals surface area contributed by atoms with E-state index in [-0.39, 0.29) is 5.03 Å². The van der Waals surface area contributed by atoms with Gasteiger partial charge in [0, 0.05) is 19.3 Å². The maximum Gasteiger partial charge on any atom is 0.258 e. The van der Waals surface area contributed by atoms with E-state index in [1.165, 1.54) is 0 Å². The zero-order chi connectivity index (χ0) is 14.1. The smallest absolute Gasteiger partial charge is 0.258 e. The van der Waals surface area contributed by atoms with E-state index in [4.69, 9.17) is 0 Å². The second-order valence-corrected chi connectivity index (χ2v) is 6.21. The molecule has 0 fully saturated rings. The highest BCUT2D eigenvalue weighted by Gasteiger charge is 2.14. The third-order valence-corrected chi connectivity index (χ3v) is 4.15. The van der Waals surface area contributed by atoms with Gasteiger partial charge in [-0.3, -0.25) is 0 Å². The summed E-state index contributed by atoms with van der Waals surface area (Å²) in [5.74, 6) is 0. The molecule has 0 saturated carbocycles. The van der Waals surface area contributed by atoms with Gasteiger partial charge in [-0.25, -0.2) is 18.1 Å². The molecule has 108 valence electrons. The lowest BCUT2D eigenvalue weighted by Gasteiger charge is -2.06. The van der Waals surface area contributed by atoms with E-state index in [0.29, 0.717) is 13.1 Å². The average Bonchev–Trinajstić information content (AvgIpc) is 2.39. The molecule has 0 spiro atoms. The summed E-state index contributed by atoms with van der Waals surface area (Å²) in [5, 5.41) is 3.08. The van der Waals surface area contributed by atoms with E-state index in [2.05, 4.69) is 21.9 Å². The SMILES string of the molecule is CCCCCCNS(=O)(=O)c1ccc(CNC)cn1. The molecule has 1 heterocycles. The van der Waals surface area contributed by atoms with Crippen LogP contribution in [0.15, 0.2) is 23.4 Å². The predicted molar refractivity (Wildman–Crippen MR) is 76.3 cm³/mol. The number of nitrogens with zero attached hydrogens (tertiary/aromatic N) is 1. The molecule has 0 aliphatic rings. The Labute approximate surface area is 115 Å². The Balaban J connectivity index is 2.52. The number of rotatable bonds is 9. The summed E-state index contributed by atoms with van der Waals surface area (Å²) in [6.45, 7) is 3.28. The van der Waals surface area contributed by atoms with Crippen LogP contribution in [-0.4, -0.2) is 27.0 Å². The van der Waals surface area contributed by atoms with Crippen molar-refractivity contribution in [1.82, 2.24) is 15.0 Å². The van der Waals surface area contributed by atoms with Gasteiger partial charge in [0.1, 0.15) is 0 Å². The van der Waals surface area contributed by atoms with E-state index in [1.54, 1.807) is 18.3 Å². The molecule has 19 heavy (non-hydrogen) atoms. The summed E-state index contributed by atoms with van der Waals surface area (Å²) in [6, 6.07) is 3.32. The summed E-state index contributed by atoms with van der Waals surface area (Å²) in [7, 11) is -1.62. The van der Waals surface area contributed by atoms with Crippen molar-refractivity contribution in [2.45, 2.75) is 44.2 Å². The fourth-order valence-electron chi connectivity index (χ4n) is 1.71. The van der Waals surface area contributed by atoms with Crippen molar-refractivity contribution in [2.75, 3.05) is 13.6 Å². The second kappa shape index (κ2) is 8.24. The third-order valence-electron chi connectivity index (χ3n) is 2.78. The molecule has 0 unspecified atom stereocenters. The molecule has 6 heteroatoms. The first-order chi connectivity index (χ1) is 9.10. The van der Waals surface area contributed by atoms with Crippen LogP contribution in [0.5, 0.6) is 0 Å². The van der Waals surface area contributed by atoms with E-state index < -0.39 is 10.0 Å². The van der Waals surface area contributed by atoms with Gasteiger partial charge in [-0.2, -0.15) is 0 Å². The monoisotopic (exact) mass is 285 g/mol. The maximum atomic E-state index is 11.9. The lowest BCUT2D eigenvalue weighted by Crippen LogP contribution is -2.25. The molecular weight excluding hydrogens is 262 g/mol. The fraction of sp³-hybridized carbons (Fsp3) is 0.615. The zero-order valence-corrected chi connectivity index (χ0v) is 12.5. The van der Waals surface area contributed by atoms with Gasteiger partial charge < -0.3 is 5.32 Å². The summed E-state index contributed by atoms with van der Waals surface area (Å²) in [5.41, 5.74) is 0.962. The fourth-order valence-corrected chi connectivity index (χ4v) is 2.71. The Kier molecular flexibility index (Phi) is 6.97. The topological polar surface area (TPSA) is 71.1 Å². The Morgan fingerprint density at radius 2 is 2.00 bits per heavy atom. The van der Waals surface area contributed by atoms with Crippen LogP contribution < -0.4 is 10.0 Å². The summed E-state index contributed by atoms with van der Waals surface area (Å²) >= 11 is 0. The molecule has 0 aliphatic carbocycles. The van der Waals surface area contributed by atoms with Crippen molar-refractivity contribution in [1.29, 1.82) is 0 Å². The molecule has 1 aromatic heterocycles. The number of hydrogen-bond acceptors (Lipinski definition) is 4. The minimum absolute atomic E-state index is 0.0860. The van der Waals surface area contributed by atoms with E-state index >= 15 is 0 Å². The van der Waals surface area contributed by atoms with Crippen molar-refractivity contribution >= 4 is 10.0 Å². The summed E-state index contributed by atoms with van der Waals surface area (Å²) in [4.78, 5) is 3.99. The third kappa shape index (κ3) is 5.67. The first-order valence-electron chi connectivity index (χ1n) is 6.69. The number of sulfonamides is 1. The van der Waals surface area contributed by atoms with Crippen LogP contribution in [0, 0.1) is 0 Å². The van der Waals surface area contributed by atoms with Gasteiger partial charge in [0.2, 0.25) is 0 Å². The minimum atomic E-state index is -3.46. The van der Waals surface area contributed by atoms with Gasteiger partial charge in [0.15, 0.2) is 5.03 Å². The lowest BCUT2D eigenvalue weighted by atomic mass is 10.2. The maximum absolute atomic E-state index is 11.9. The standard InChI is InChI=1S/C13H23N3O2S/c1-3-4-5-6-9-16-19(17,18)13-8-7-12(10-14-2)11-15-13/h7-8,11,14,16H,3-6,9-10H2,1-2H3.